The first-order valence-electron chi connectivity index (χ1n) is 8.59. The van der Waals surface area contributed by atoms with Gasteiger partial charge in [0.2, 0.25) is 5.78 Å². The molecule has 4 rings (SSSR count). The maximum atomic E-state index is 12.8. The molecular weight excluding hydrogens is 380 g/mol. The van der Waals surface area contributed by atoms with Gasteiger partial charge in [0.05, 0.1) is 5.56 Å². The third kappa shape index (κ3) is 3.00. The van der Waals surface area contributed by atoms with Gasteiger partial charge in [0.25, 0.3) is 0 Å². The van der Waals surface area contributed by atoms with Crippen LogP contribution in [0.4, 0.5) is 0 Å². The van der Waals surface area contributed by atoms with E-state index in [0.29, 0.717) is 5.56 Å². The number of phenols is 6. The van der Waals surface area contributed by atoms with Gasteiger partial charge in [0, 0.05) is 12.5 Å². The molecule has 29 heavy (non-hydrogen) atoms. The molecule has 8 heteroatoms. The van der Waals surface area contributed by atoms with Gasteiger partial charge in [-0.2, -0.15) is 0 Å². The van der Waals surface area contributed by atoms with Crippen LogP contribution in [0, 0.1) is 0 Å². The maximum Gasteiger partial charge on any atom is 0.211 e. The van der Waals surface area contributed by atoms with Crippen LogP contribution in [-0.4, -0.2) is 42.5 Å². The minimum Gasteiger partial charge on any atom is -0.507 e. The van der Waals surface area contributed by atoms with E-state index in [0.717, 1.165) is 6.07 Å². The Morgan fingerprint density at radius 2 is 1.31 bits per heavy atom. The number of fused-ring (bicyclic) bond motifs is 1. The number of phenolic OH excluding ortho intramolecular Hbond substituents is 6. The lowest BCUT2D eigenvalue weighted by Gasteiger charge is -2.14. The molecule has 3 aromatic rings. The van der Waals surface area contributed by atoms with Crippen molar-refractivity contribution in [3.8, 4) is 51.4 Å². The monoisotopic (exact) mass is 396 g/mol. The fourth-order valence-corrected chi connectivity index (χ4v) is 3.35. The lowest BCUT2D eigenvalue weighted by Crippen LogP contribution is -2.23. The number of carbonyl (C=O) groups is 1. The molecule has 3 aromatic carbocycles. The van der Waals surface area contributed by atoms with Crippen molar-refractivity contribution in [2.45, 2.75) is 12.5 Å². The highest BCUT2D eigenvalue weighted by Crippen LogP contribution is 2.49. The van der Waals surface area contributed by atoms with E-state index >= 15 is 0 Å². The molecule has 1 aliphatic heterocycles. The number of rotatable bonds is 3. The molecule has 6 N–H and O–H groups in total. The first kappa shape index (κ1) is 18.3. The summed E-state index contributed by atoms with van der Waals surface area (Å²) in [6, 6.07) is 8.94. The Morgan fingerprint density at radius 1 is 0.690 bits per heavy atom. The topological polar surface area (TPSA) is 148 Å². The quantitative estimate of drug-likeness (QED) is 0.370. The summed E-state index contributed by atoms with van der Waals surface area (Å²) >= 11 is 0. The smallest absolute Gasteiger partial charge is 0.211 e. The van der Waals surface area contributed by atoms with Crippen molar-refractivity contribution in [3.63, 3.8) is 0 Å². The summed E-state index contributed by atoms with van der Waals surface area (Å²) in [4.78, 5) is 12.8. The molecule has 0 radical (unpaired) electrons. The number of hydrogen-bond donors (Lipinski definition) is 6. The Hall–Kier alpha value is -4.07. The summed E-state index contributed by atoms with van der Waals surface area (Å²) in [5, 5.41) is 58.9. The van der Waals surface area contributed by atoms with E-state index in [9.17, 15) is 35.4 Å². The van der Waals surface area contributed by atoms with Crippen molar-refractivity contribution >= 4 is 5.78 Å². The molecule has 0 saturated heterocycles. The van der Waals surface area contributed by atoms with E-state index < -0.39 is 23.4 Å². The van der Waals surface area contributed by atoms with Gasteiger partial charge in [-0.05, 0) is 35.4 Å². The molecule has 0 spiro atoms. The second kappa shape index (κ2) is 6.52. The molecule has 0 fully saturated rings. The molecule has 0 aromatic heterocycles. The summed E-state index contributed by atoms with van der Waals surface area (Å²) in [5.74, 6) is -2.82. The highest BCUT2D eigenvalue weighted by molar-refractivity contribution is 6.09. The van der Waals surface area contributed by atoms with Crippen LogP contribution in [-0.2, 0) is 6.42 Å². The van der Waals surface area contributed by atoms with Crippen LogP contribution in [0.1, 0.15) is 15.9 Å². The first-order valence-corrected chi connectivity index (χ1v) is 8.59. The van der Waals surface area contributed by atoms with Gasteiger partial charge >= 0.3 is 0 Å². The Labute approximate surface area is 164 Å². The molecule has 0 aliphatic carbocycles. The molecule has 8 nitrogen and oxygen atoms in total. The molecule has 1 unspecified atom stereocenters. The van der Waals surface area contributed by atoms with Crippen LogP contribution in [0.2, 0.25) is 0 Å². The average Bonchev–Trinajstić information content (AvgIpc) is 2.97. The Bertz CT molecular complexity index is 1150. The van der Waals surface area contributed by atoms with E-state index in [-0.39, 0.29) is 51.9 Å². The zero-order valence-corrected chi connectivity index (χ0v) is 14.8. The third-order valence-electron chi connectivity index (χ3n) is 4.76. The Kier molecular flexibility index (Phi) is 4.11. The van der Waals surface area contributed by atoms with Gasteiger partial charge in [-0.25, -0.2) is 0 Å². The zero-order valence-electron chi connectivity index (χ0n) is 14.8. The van der Waals surface area contributed by atoms with Crippen LogP contribution < -0.4 is 4.74 Å². The van der Waals surface area contributed by atoms with Crippen LogP contribution in [0.5, 0.6) is 40.2 Å². The lowest BCUT2D eigenvalue weighted by molar-refractivity contribution is 0.0856. The highest BCUT2D eigenvalue weighted by Gasteiger charge is 2.38. The summed E-state index contributed by atoms with van der Waals surface area (Å²) in [5.41, 5.74) is 0.750. The van der Waals surface area contributed by atoms with Crippen molar-refractivity contribution < 1.29 is 40.2 Å². The lowest BCUT2D eigenvalue weighted by atomic mass is 9.96. The second-order valence-electron chi connectivity index (χ2n) is 6.70. The molecule has 0 bridgehead atoms. The number of carbonyl (C=O) groups excluding carboxylic acids is 1. The summed E-state index contributed by atoms with van der Waals surface area (Å²) in [6.07, 6.45) is -0.993. The highest BCUT2D eigenvalue weighted by atomic mass is 16.5. The van der Waals surface area contributed by atoms with Crippen molar-refractivity contribution in [1.29, 1.82) is 0 Å². The van der Waals surface area contributed by atoms with E-state index in [1.807, 2.05) is 0 Å². The fraction of sp³-hybridized carbons (Fsp3) is 0.0952. The molecule has 1 aliphatic rings. The molecule has 148 valence electrons. The van der Waals surface area contributed by atoms with Gasteiger partial charge in [0.1, 0.15) is 22.8 Å². The summed E-state index contributed by atoms with van der Waals surface area (Å²) in [7, 11) is 0. The Balaban J connectivity index is 1.77. The van der Waals surface area contributed by atoms with E-state index in [2.05, 4.69) is 0 Å². The van der Waals surface area contributed by atoms with Gasteiger partial charge in [-0.3, -0.25) is 4.79 Å². The number of benzene rings is 3. The van der Waals surface area contributed by atoms with E-state index in [1.54, 1.807) is 0 Å². The fourth-order valence-electron chi connectivity index (χ4n) is 3.35. The summed E-state index contributed by atoms with van der Waals surface area (Å²) < 4.78 is 5.75. The zero-order chi connectivity index (χ0) is 20.9. The van der Waals surface area contributed by atoms with Gasteiger partial charge in [-0.15, -0.1) is 0 Å². The SMILES string of the molecule is O=C1c2c(O)cc(O)c(-c3ccc(O)c(O)c3)c2OC1Cc1ccc(O)c(O)c1. The predicted octanol–water partition coefficient (Wildman–Crippen LogP) is 2.77. The third-order valence-corrected chi connectivity index (χ3v) is 4.76. The maximum absolute atomic E-state index is 12.8. The van der Waals surface area contributed by atoms with Gasteiger partial charge in [-0.1, -0.05) is 12.1 Å². The number of aromatic hydroxyl groups is 6. The van der Waals surface area contributed by atoms with Crippen LogP contribution in [0.25, 0.3) is 11.1 Å². The number of ketones is 1. The predicted molar refractivity (Wildman–Crippen MR) is 101 cm³/mol. The molecule has 0 saturated carbocycles. The number of hydrogen-bond acceptors (Lipinski definition) is 8. The van der Waals surface area contributed by atoms with E-state index in [4.69, 9.17) is 4.74 Å². The summed E-state index contributed by atoms with van der Waals surface area (Å²) in [6.45, 7) is 0. The Morgan fingerprint density at radius 3 is 1.97 bits per heavy atom. The molecule has 0 amide bonds. The second-order valence-corrected chi connectivity index (χ2v) is 6.70. The van der Waals surface area contributed by atoms with Crippen molar-refractivity contribution in [1.82, 2.24) is 0 Å². The average molecular weight is 396 g/mol. The van der Waals surface area contributed by atoms with Crippen molar-refractivity contribution in [2.24, 2.45) is 0 Å². The largest absolute Gasteiger partial charge is 0.507 e. The molecular formula is C21H16O8. The van der Waals surface area contributed by atoms with Crippen molar-refractivity contribution in [3.05, 3.63) is 53.6 Å². The normalized spacial score (nSPS) is 15.2. The van der Waals surface area contributed by atoms with Gasteiger partial charge < -0.3 is 35.4 Å². The number of ether oxygens (including phenoxy) is 1. The first-order chi connectivity index (χ1) is 13.8. The molecule has 1 heterocycles. The minimum atomic E-state index is -1.04. The van der Waals surface area contributed by atoms with E-state index in [1.165, 1.54) is 36.4 Å². The molecule has 1 atom stereocenters. The number of Topliss-reactive ketones (excluding diaryl/α,β-unsaturated/α-hetero) is 1. The van der Waals surface area contributed by atoms with Crippen LogP contribution in [0.15, 0.2) is 42.5 Å². The standard InChI is InChI=1S/C21H16O8/c22-11-3-1-9(5-13(11)24)6-17-20(28)19-16(27)8-15(26)18(21(19)29-17)10-2-4-12(23)14(25)7-10/h1-5,7-8,17,22-27H,6H2. The van der Waals surface area contributed by atoms with Gasteiger partial charge in [0.15, 0.2) is 29.1 Å². The van der Waals surface area contributed by atoms with Crippen LogP contribution in [0.3, 0.4) is 0 Å². The minimum absolute atomic E-state index is 0.0435. The van der Waals surface area contributed by atoms with Crippen LogP contribution >= 0.6 is 0 Å². The van der Waals surface area contributed by atoms with Crippen molar-refractivity contribution in [2.75, 3.05) is 0 Å².